The highest BCUT2D eigenvalue weighted by molar-refractivity contribution is 5.92. The van der Waals surface area contributed by atoms with E-state index in [-0.39, 0.29) is 12.2 Å². The standard InChI is InChI=1S/C17H18F2N2O2/c1-21(9-10-23-14-5-3-2-4-6-14)12-17(22)20-16-11-13(18)7-8-15(16)19/h2-8,11H,9-10,12H2,1H3,(H,20,22). The monoisotopic (exact) mass is 320 g/mol. The first-order chi connectivity index (χ1) is 11.0. The van der Waals surface area contributed by atoms with Gasteiger partial charge in [0.2, 0.25) is 5.91 Å². The van der Waals surface area contributed by atoms with Gasteiger partial charge in [-0.2, -0.15) is 0 Å². The van der Waals surface area contributed by atoms with E-state index in [1.54, 1.807) is 11.9 Å². The van der Waals surface area contributed by atoms with Gasteiger partial charge in [-0.15, -0.1) is 0 Å². The Morgan fingerprint density at radius 2 is 1.91 bits per heavy atom. The van der Waals surface area contributed by atoms with Crippen molar-refractivity contribution in [3.63, 3.8) is 0 Å². The maximum Gasteiger partial charge on any atom is 0.238 e. The van der Waals surface area contributed by atoms with Gasteiger partial charge in [0.25, 0.3) is 0 Å². The molecule has 6 heteroatoms. The highest BCUT2D eigenvalue weighted by Crippen LogP contribution is 2.15. The van der Waals surface area contributed by atoms with E-state index in [4.69, 9.17) is 4.74 Å². The zero-order chi connectivity index (χ0) is 16.7. The van der Waals surface area contributed by atoms with E-state index in [2.05, 4.69) is 5.32 Å². The van der Waals surface area contributed by atoms with Gasteiger partial charge in [-0.25, -0.2) is 8.78 Å². The van der Waals surface area contributed by atoms with Gasteiger partial charge in [0.05, 0.1) is 12.2 Å². The van der Waals surface area contributed by atoms with E-state index in [1.807, 2.05) is 30.3 Å². The first-order valence-electron chi connectivity index (χ1n) is 7.16. The molecule has 0 atom stereocenters. The van der Waals surface area contributed by atoms with Crippen molar-refractivity contribution in [3.8, 4) is 5.75 Å². The lowest BCUT2D eigenvalue weighted by Gasteiger charge is -2.16. The second kappa shape index (κ2) is 8.24. The molecule has 23 heavy (non-hydrogen) atoms. The largest absolute Gasteiger partial charge is 0.492 e. The Labute approximate surface area is 133 Å². The van der Waals surface area contributed by atoms with Gasteiger partial charge in [-0.05, 0) is 31.3 Å². The molecule has 122 valence electrons. The van der Waals surface area contributed by atoms with Gasteiger partial charge in [0, 0.05) is 12.6 Å². The first kappa shape index (κ1) is 16.9. The quantitative estimate of drug-likeness (QED) is 0.853. The van der Waals surface area contributed by atoms with Crippen molar-refractivity contribution >= 4 is 11.6 Å². The molecule has 0 bridgehead atoms. The molecule has 0 saturated carbocycles. The second-order valence-electron chi connectivity index (χ2n) is 5.07. The zero-order valence-electron chi connectivity index (χ0n) is 12.8. The number of rotatable bonds is 7. The van der Waals surface area contributed by atoms with Gasteiger partial charge in [0.1, 0.15) is 24.0 Å². The molecule has 0 heterocycles. The molecule has 0 fully saturated rings. The molecule has 0 aliphatic rings. The van der Waals surface area contributed by atoms with Crippen molar-refractivity contribution in [1.82, 2.24) is 4.90 Å². The fraction of sp³-hybridized carbons (Fsp3) is 0.235. The third kappa shape index (κ3) is 5.67. The van der Waals surface area contributed by atoms with Crippen molar-refractivity contribution in [1.29, 1.82) is 0 Å². The fourth-order valence-electron chi connectivity index (χ4n) is 1.94. The predicted octanol–water partition coefficient (Wildman–Crippen LogP) is 2.91. The van der Waals surface area contributed by atoms with Gasteiger partial charge in [-0.3, -0.25) is 9.69 Å². The maximum absolute atomic E-state index is 13.4. The number of hydrogen-bond acceptors (Lipinski definition) is 3. The number of nitrogens with zero attached hydrogens (tertiary/aromatic N) is 1. The summed E-state index contributed by atoms with van der Waals surface area (Å²) in [7, 11) is 1.75. The number of halogens is 2. The SMILES string of the molecule is CN(CCOc1ccccc1)CC(=O)Nc1cc(F)ccc1F. The van der Waals surface area contributed by atoms with Crippen LogP contribution >= 0.6 is 0 Å². The van der Waals surface area contributed by atoms with Crippen molar-refractivity contribution in [2.75, 3.05) is 32.1 Å². The highest BCUT2D eigenvalue weighted by atomic mass is 19.1. The molecule has 4 nitrogen and oxygen atoms in total. The average Bonchev–Trinajstić information content (AvgIpc) is 2.52. The fourth-order valence-corrected chi connectivity index (χ4v) is 1.94. The number of carbonyl (C=O) groups excluding carboxylic acids is 1. The Morgan fingerprint density at radius 1 is 1.17 bits per heavy atom. The molecule has 1 amide bonds. The van der Waals surface area contributed by atoms with Crippen LogP contribution in [0.15, 0.2) is 48.5 Å². The number of nitrogens with one attached hydrogen (secondary N) is 1. The lowest BCUT2D eigenvalue weighted by atomic mass is 10.3. The van der Waals surface area contributed by atoms with E-state index < -0.39 is 17.5 Å². The Bertz CT molecular complexity index is 650. The summed E-state index contributed by atoms with van der Waals surface area (Å²) in [6, 6.07) is 12.3. The third-order valence-electron chi connectivity index (χ3n) is 3.10. The van der Waals surface area contributed by atoms with Crippen molar-refractivity contribution in [2.24, 2.45) is 0 Å². The number of ether oxygens (including phenoxy) is 1. The minimum atomic E-state index is -0.671. The van der Waals surface area contributed by atoms with Gasteiger partial charge < -0.3 is 10.1 Å². The molecule has 0 aromatic heterocycles. The molecular weight excluding hydrogens is 302 g/mol. The van der Waals surface area contributed by atoms with Crippen molar-refractivity contribution < 1.29 is 18.3 Å². The number of amides is 1. The Hall–Kier alpha value is -2.47. The summed E-state index contributed by atoms with van der Waals surface area (Å²) in [5, 5.41) is 2.35. The molecule has 0 spiro atoms. The Morgan fingerprint density at radius 3 is 2.65 bits per heavy atom. The zero-order valence-corrected chi connectivity index (χ0v) is 12.8. The summed E-state index contributed by atoms with van der Waals surface area (Å²) >= 11 is 0. The number of likely N-dealkylation sites (N-methyl/N-ethyl adjacent to an activating group) is 1. The van der Waals surface area contributed by atoms with Crippen LogP contribution in [0.2, 0.25) is 0 Å². The van der Waals surface area contributed by atoms with Crippen LogP contribution < -0.4 is 10.1 Å². The Balaban J connectivity index is 1.75. The predicted molar refractivity (Wildman–Crippen MR) is 84.4 cm³/mol. The smallest absolute Gasteiger partial charge is 0.238 e. The first-order valence-corrected chi connectivity index (χ1v) is 7.16. The van der Waals surface area contributed by atoms with Gasteiger partial charge in [0.15, 0.2) is 0 Å². The molecule has 0 unspecified atom stereocenters. The van der Waals surface area contributed by atoms with E-state index in [0.29, 0.717) is 13.2 Å². The van der Waals surface area contributed by atoms with Crippen LogP contribution in [0, 0.1) is 11.6 Å². The van der Waals surface area contributed by atoms with E-state index >= 15 is 0 Å². The number of para-hydroxylation sites is 1. The summed E-state index contributed by atoms with van der Waals surface area (Å²) in [5.74, 6) is -0.940. The lowest BCUT2D eigenvalue weighted by molar-refractivity contribution is -0.117. The van der Waals surface area contributed by atoms with E-state index in [9.17, 15) is 13.6 Å². The van der Waals surface area contributed by atoms with E-state index in [0.717, 1.165) is 23.9 Å². The van der Waals surface area contributed by atoms with Gasteiger partial charge >= 0.3 is 0 Å². The summed E-state index contributed by atoms with van der Waals surface area (Å²) in [6.07, 6.45) is 0. The average molecular weight is 320 g/mol. The van der Waals surface area contributed by atoms with Crippen LogP contribution in [0.3, 0.4) is 0 Å². The van der Waals surface area contributed by atoms with Crippen LogP contribution in [0.25, 0.3) is 0 Å². The molecule has 0 saturated heterocycles. The molecule has 2 aromatic rings. The number of benzene rings is 2. The summed E-state index contributed by atoms with van der Waals surface area (Å²) in [5.41, 5.74) is -0.163. The highest BCUT2D eigenvalue weighted by Gasteiger charge is 2.10. The van der Waals surface area contributed by atoms with E-state index in [1.165, 1.54) is 0 Å². The summed E-state index contributed by atoms with van der Waals surface area (Å²) in [4.78, 5) is 13.6. The third-order valence-corrected chi connectivity index (χ3v) is 3.10. The van der Waals surface area contributed by atoms with Crippen LogP contribution in [-0.2, 0) is 4.79 Å². The molecule has 2 aromatic carbocycles. The number of hydrogen-bond donors (Lipinski definition) is 1. The molecule has 2 rings (SSSR count). The van der Waals surface area contributed by atoms with Crippen LogP contribution in [0.5, 0.6) is 5.75 Å². The minimum Gasteiger partial charge on any atom is -0.492 e. The Kier molecular flexibility index (Phi) is 6.05. The van der Waals surface area contributed by atoms with Crippen molar-refractivity contribution in [2.45, 2.75) is 0 Å². The number of carbonyl (C=O) groups is 1. The molecule has 0 aliphatic heterocycles. The molecular formula is C17H18F2N2O2. The van der Waals surface area contributed by atoms with Crippen LogP contribution in [0.1, 0.15) is 0 Å². The lowest BCUT2D eigenvalue weighted by Crippen LogP contribution is -2.33. The minimum absolute atomic E-state index is 0.0497. The van der Waals surface area contributed by atoms with Crippen molar-refractivity contribution in [3.05, 3.63) is 60.2 Å². The molecule has 0 aliphatic carbocycles. The van der Waals surface area contributed by atoms with Crippen LogP contribution in [0.4, 0.5) is 14.5 Å². The van der Waals surface area contributed by atoms with Gasteiger partial charge in [-0.1, -0.05) is 18.2 Å². The second-order valence-corrected chi connectivity index (χ2v) is 5.07. The number of anilines is 1. The summed E-state index contributed by atoms with van der Waals surface area (Å²) in [6.45, 7) is 0.990. The normalized spacial score (nSPS) is 10.6. The topological polar surface area (TPSA) is 41.6 Å². The molecule has 0 radical (unpaired) electrons. The van der Waals surface area contributed by atoms with Crippen LogP contribution in [-0.4, -0.2) is 37.6 Å². The molecule has 1 N–H and O–H groups in total. The maximum atomic E-state index is 13.4. The summed E-state index contributed by atoms with van der Waals surface area (Å²) < 4.78 is 32.0.